The fourth-order valence-electron chi connectivity index (χ4n) is 0.991. The highest BCUT2D eigenvalue weighted by Crippen LogP contribution is 2.28. The molecule has 0 aliphatic rings. The number of aliphatic hydroxyl groups excluding tert-OH is 1. The Morgan fingerprint density at radius 2 is 2.13 bits per heavy atom. The number of halogens is 1. The van der Waals surface area contributed by atoms with E-state index >= 15 is 0 Å². The van der Waals surface area contributed by atoms with Crippen molar-refractivity contribution in [3.8, 4) is 6.07 Å². The molecule has 0 aliphatic heterocycles. The molecule has 1 N–H and O–H groups in total. The minimum atomic E-state index is -0.466. The van der Waals surface area contributed by atoms with Crippen LogP contribution in [0, 0.1) is 17.1 Å². The normalized spacial score (nSPS) is 14.3. The molecule has 1 rings (SSSR count). The van der Waals surface area contributed by atoms with Crippen molar-refractivity contribution in [3.05, 3.63) is 29.6 Å². The van der Waals surface area contributed by atoms with Crippen LogP contribution in [-0.4, -0.2) is 16.5 Å². The van der Waals surface area contributed by atoms with Crippen LogP contribution in [0.4, 0.5) is 4.39 Å². The van der Waals surface area contributed by atoms with Crippen LogP contribution in [0.1, 0.15) is 19.4 Å². The Hall–Kier alpha value is -1.05. The van der Waals surface area contributed by atoms with E-state index in [1.165, 1.54) is 23.9 Å². The number of rotatable bonds is 3. The molecule has 0 spiro atoms. The lowest BCUT2D eigenvalue weighted by atomic mass is 10.2. The van der Waals surface area contributed by atoms with E-state index in [0.29, 0.717) is 10.5 Å². The van der Waals surface area contributed by atoms with Crippen molar-refractivity contribution >= 4 is 11.8 Å². The summed E-state index contributed by atoms with van der Waals surface area (Å²) >= 11 is 1.37. The van der Waals surface area contributed by atoms with Gasteiger partial charge in [-0.3, -0.25) is 0 Å². The van der Waals surface area contributed by atoms with E-state index in [4.69, 9.17) is 5.26 Å². The Balaban J connectivity index is 2.91. The third-order valence-electron chi connectivity index (χ3n) is 2.05. The lowest BCUT2D eigenvalue weighted by Crippen LogP contribution is -2.15. The lowest BCUT2D eigenvalue weighted by Gasteiger charge is -2.14. The van der Waals surface area contributed by atoms with E-state index < -0.39 is 11.9 Å². The Morgan fingerprint density at radius 3 is 2.67 bits per heavy atom. The van der Waals surface area contributed by atoms with Crippen molar-refractivity contribution in [1.29, 1.82) is 5.26 Å². The van der Waals surface area contributed by atoms with E-state index in [2.05, 4.69) is 0 Å². The second-order valence-corrected chi connectivity index (χ2v) is 4.73. The van der Waals surface area contributed by atoms with Crippen molar-refractivity contribution in [2.45, 2.75) is 30.1 Å². The SMILES string of the molecule is CC(O)C(C)Sc1ccc(F)cc1C#N. The van der Waals surface area contributed by atoms with Gasteiger partial charge in [0, 0.05) is 10.1 Å². The number of hydrogen-bond donors (Lipinski definition) is 1. The lowest BCUT2D eigenvalue weighted by molar-refractivity contribution is 0.196. The third-order valence-corrected chi connectivity index (χ3v) is 3.43. The van der Waals surface area contributed by atoms with Crippen molar-refractivity contribution in [1.82, 2.24) is 0 Å². The predicted molar refractivity (Wildman–Crippen MR) is 58.1 cm³/mol. The molecule has 0 saturated heterocycles. The van der Waals surface area contributed by atoms with Crippen LogP contribution in [-0.2, 0) is 0 Å². The molecule has 1 aromatic carbocycles. The molecule has 0 saturated carbocycles. The van der Waals surface area contributed by atoms with E-state index in [1.807, 2.05) is 13.0 Å². The van der Waals surface area contributed by atoms with E-state index in [9.17, 15) is 9.50 Å². The van der Waals surface area contributed by atoms with Gasteiger partial charge in [0.2, 0.25) is 0 Å². The fourth-order valence-corrected chi connectivity index (χ4v) is 1.97. The molecule has 0 heterocycles. The zero-order valence-electron chi connectivity index (χ0n) is 8.57. The second kappa shape index (κ2) is 5.15. The van der Waals surface area contributed by atoms with Gasteiger partial charge in [-0.2, -0.15) is 5.26 Å². The van der Waals surface area contributed by atoms with Gasteiger partial charge in [0.1, 0.15) is 11.9 Å². The minimum Gasteiger partial charge on any atom is -0.392 e. The van der Waals surface area contributed by atoms with Gasteiger partial charge in [-0.15, -0.1) is 11.8 Å². The summed E-state index contributed by atoms with van der Waals surface area (Å²) in [6.45, 7) is 3.55. The topological polar surface area (TPSA) is 44.0 Å². The van der Waals surface area contributed by atoms with Crippen molar-refractivity contribution in [2.24, 2.45) is 0 Å². The molecule has 1 aromatic rings. The molecule has 0 amide bonds. The van der Waals surface area contributed by atoms with Crippen LogP contribution in [0.3, 0.4) is 0 Å². The Bertz CT molecular complexity index is 387. The largest absolute Gasteiger partial charge is 0.392 e. The maximum Gasteiger partial charge on any atom is 0.124 e. The van der Waals surface area contributed by atoms with Gasteiger partial charge in [0.15, 0.2) is 0 Å². The molecule has 15 heavy (non-hydrogen) atoms. The van der Waals surface area contributed by atoms with Crippen LogP contribution < -0.4 is 0 Å². The van der Waals surface area contributed by atoms with Crippen molar-refractivity contribution in [3.63, 3.8) is 0 Å². The molecule has 2 unspecified atom stereocenters. The van der Waals surface area contributed by atoms with E-state index in [0.717, 1.165) is 0 Å². The van der Waals surface area contributed by atoms with Gasteiger partial charge >= 0.3 is 0 Å². The van der Waals surface area contributed by atoms with Crippen molar-refractivity contribution in [2.75, 3.05) is 0 Å². The molecule has 0 bridgehead atoms. The van der Waals surface area contributed by atoms with Crippen LogP contribution >= 0.6 is 11.8 Å². The molecular formula is C11H12FNOS. The predicted octanol–water partition coefficient (Wildman–Crippen LogP) is 2.56. The number of hydrogen-bond acceptors (Lipinski definition) is 3. The fraction of sp³-hybridized carbons (Fsp3) is 0.364. The van der Waals surface area contributed by atoms with Gasteiger partial charge in [-0.25, -0.2) is 4.39 Å². The van der Waals surface area contributed by atoms with Gasteiger partial charge in [0.05, 0.1) is 11.7 Å². The van der Waals surface area contributed by atoms with Crippen LogP contribution in [0.15, 0.2) is 23.1 Å². The summed E-state index contributed by atoms with van der Waals surface area (Å²) in [5.41, 5.74) is 0.313. The molecule has 0 aromatic heterocycles. The molecule has 80 valence electrons. The highest BCUT2D eigenvalue weighted by molar-refractivity contribution is 8.00. The smallest absolute Gasteiger partial charge is 0.124 e. The highest BCUT2D eigenvalue weighted by atomic mass is 32.2. The molecular weight excluding hydrogens is 213 g/mol. The molecule has 0 radical (unpaired) electrons. The Morgan fingerprint density at radius 1 is 1.47 bits per heavy atom. The highest BCUT2D eigenvalue weighted by Gasteiger charge is 2.13. The summed E-state index contributed by atoms with van der Waals surface area (Å²) < 4.78 is 12.8. The first kappa shape index (κ1) is 12.0. The quantitative estimate of drug-likeness (QED) is 0.804. The average Bonchev–Trinajstić information content (AvgIpc) is 2.20. The monoisotopic (exact) mass is 225 g/mol. The van der Waals surface area contributed by atoms with Gasteiger partial charge in [-0.1, -0.05) is 6.92 Å². The standard InChI is InChI=1S/C11H12FNOS/c1-7(14)8(2)15-11-4-3-10(12)5-9(11)6-13/h3-5,7-8,14H,1-2H3. The molecule has 2 nitrogen and oxygen atoms in total. The zero-order chi connectivity index (χ0) is 11.4. The first-order valence-corrected chi connectivity index (χ1v) is 5.47. The summed E-state index contributed by atoms with van der Waals surface area (Å²) in [7, 11) is 0. The molecule has 0 fully saturated rings. The Kier molecular flexibility index (Phi) is 4.13. The van der Waals surface area contributed by atoms with Crippen LogP contribution in [0.25, 0.3) is 0 Å². The summed E-state index contributed by atoms with van der Waals surface area (Å²) in [6, 6.07) is 6.03. The maximum atomic E-state index is 12.8. The van der Waals surface area contributed by atoms with Crippen molar-refractivity contribution < 1.29 is 9.50 Å². The van der Waals surface area contributed by atoms with Crippen LogP contribution in [0.2, 0.25) is 0 Å². The van der Waals surface area contributed by atoms with E-state index in [-0.39, 0.29) is 5.25 Å². The first-order chi connectivity index (χ1) is 7.04. The summed E-state index contributed by atoms with van der Waals surface area (Å²) in [4.78, 5) is 0.701. The number of nitrogens with zero attached hydrogens (tertiary/aromatic N) is 1. The molecule has 4 heteroatoms. The van der Waals surface area contributed by atoms with Gasteiger partial charge in [0.25, 0.3) is 0 Å². The molecule has 2 atom stereocenters. The average molecular weight is 225 g/mol. The van der Waals surface area contributed by atoms with Gasteiger partial charge < -0.3 is 5.11 Å². The zero-order valence-corrected chi connectivity index (χ0v) is 9.38. The van der Waals surface area contributed by atoms with Crippen LogP contribution in [0.5, 0.6) is 0 Å². The number of aliphatic hydroxyl groups is 1. The maximum absolute atomic E-state index is 12.8. The summed E-state index contributed by atoms with van der Waals surface area (Å²) in [5.74, 6) is -0.416. The third kappa shape index (κ3) is 3.22. The number of nitriles is 1. The van der Waals surface area contributed by atoms with E-state index in [1.54, 1.807) is 13.0 Å². The summed E-state index contributed by atoms with van der Waals surface area (Å²) in [6.07, 6.45) is -0.466. The second-order valence-electron chi connectivity index (χ2n) is 3.32. The molecule has 0 aliphatic carbocycles. The first-order valence-electron chi connectivity index (χ1n) is 4.59. The minimum absolute atomic E-state index is 0.0254. The Labute approximate surface area is 92.7 Å². The number of benzene rings is 1. The number of thioether (sulfide) groups is 1. The van der Waals surface area contributed by atoms with Gasteiger partial charge in [-0.05, 0) is 25.1 Å². The summed E-state index contributed by atoms with van der Waals surface area (Å²) in [5, 5.41) is 18.1.